The Morgan fingerprint density at radius 1 is 1.24 bits per heavy atom. The summed E-state index contributed by atoms with van der Waals surface area (Å²) in [5.74, 6) is 0.0159. The lowest BCUT2D eigenvalue weighted by atomic mass is 10.1. The van der Waals surface area contributed by atoms with Gasteiger partial charge in [0.25, 0.3) is 5.91 Å². The van der Waals surface area contributed by atoms with Crippen molar-refractivity contribution in [3.8, 4) is 0 Å². The molecule has 1 aliphatic rings. The van der Waals surface area contributed by atoms with Gasteiger partial charge in [0.15, 0.2) is 0 Å². The summed E-state index contributed by atoms with van der Waals surface area (Å²) in [4.78, 5) is 13.1. The summed E-state index contributed by atoms with van der Waals surface area (Å²) in [7, 11) is 0. The molecule has 1 fully saturated rings. The van der Waals surface area contributed by atoms with E-state index in [0.717, 1.165) is 22.9 Å². The van der Waals surface area contributed by atoms with Gasteiger partial charge in [-0.1, -0.05) is 11.6 Å². The van der Waals surface area contributed by atoms with E-state index < -0.39 is 0 Å². The van der Waals surface area contributed by atoms with Gasteiger partial charge in [0.1, 0.15) is 0 Å². The number of thiophene rings is 1. The van der Waals surface area contributed by atoms with Crippen LogP contribution in [0.5, 0.6) is 0 Å². The molecule has 0 saturated heterocycles. The van der Waals surface area contributed by atoms with Gasteiger partial charge in [-0.3, -0.25) is 4.79 Å². The second-order valence-electron chi connectivity index (χ2n) is 5.33. The third-order valence-corrected chi connectivity index (χ3v) is 4.88. The topological polar surface area (TPSA) is 41.1 Å². The molecule has 0 radical (unpaired) electrons. The van der Waals surface area contributed by atoms with Crippen molar-refractivity contribution in [3.05, 3.63) is 51.2 Å². The van der Waals surface area contributed by atoms with Crippen LogP contribution in [0.2, 0.25) is 4.34 Å². The van der Waals surface area contributed by atoms with Crippen LogP contribution in [0.15, 0.2) is 36.4 Å². The molecule has 21 heavy (non-hydrogen) atoms. The van der Waals surface area contributed by atoms with Gasteiger partial charge in [-0.2, -0.15) is 0 Å². The molecule has 1 atom stereocenters. The van der Waals surface area contributed by atoms with Crippen LogP contribution < -0.4 is 10.6 Å². The first-order valence-corrected chi connectivity index (χ1v) is 8.24. The second-order valence-corrected chi connectivity index (χ2v) is 7.08. The monoisotopic (exact) mass is 320 g/mol. The summed E-state index contributed by atoms with van der Waals surface area (Å²) in [6, 6.07) is 12.1. The molecule has 3 nitrogen and oxygen atoms in total. The number of carbonyl (C=O) groups excluding carboxylic acids is 1. The van der Waals surface area contributed by atoms with E-state index in [4.69, 9.17) is 11.6 Å². The van der Waals surface area contributed by atoms with Crippen molar-refractivity contribution < 1.29 is 4.79 Å². The van der Waals surface area contributed by atoms with Crippen molar-refractivity contribution in [1.82, 2.24) is 5.32 Å². The highest BCUT2D eigenvalue weighted by Gasteiger charge is 2.23. The Bertz CT molecular complexity index is 634. The van der Waals surface area contributed by atoms with E-state index in [0.29, 0.717) is 11.6 Å². The first kappa shape index (κ1) is 14.4. The second kappa shape index (κ2) is 6.08. The van der Waals surface area contributed by atoms with E-state index in [2.05, 4.69) is 17.6 Å². The van der Waals surface area contributed by atoms with Crippen molar-refractivity contribution in [2.24, 2.45) is 0 Å². The molecule has 1 unspecified atom stereocenters. The third-order valence-electron chi connectivity index (χ3n) is 3.46. The van der Waals surface area contributed by atoms with Crippen molar-refractivity contribution in [2.45, 2.75) is 31.8 Å². The number of amides is 1. The summed E-state index contributed by atoms with van der Waals surface area (Å²) in [5.41, 5.74) is 1.70. The molecule has 2 aromatic rings. The number of benzene rings is 1. The molecule has 0 aliphatic heterocycles. The van der Waals surface area contributed by atoms with Gasteiger partial charge in [0, 0.05) is 22.2 Å². The number of rotatable bonds is 5. The van der Waals surface area contributed by atoms with Crippen LogP contribution in [0.3, 0.4) is 0 Å². The molecule has 1 aromatic heterocycles. The van der Waals surface area contributed by atoms with Crippen LogP contribution in [0.4, 0.5) is 5.69 Å². The summed E-state index contributed by atoms with van der Waals surface area (Å²) in [6.45, 7) is 2.09. The fourth-order valence-corrected chi connectivity index (χ4v) is 3.16. The Labute approximate surface area is 133 Å². The minimum atomic E-state index is 0.0159. The maximum Gasteiger partial charge on any atom is 0.251 e. The standard InChI is InChI=1S/C16H17ClN2OS/c1-10(14-8-9-15(17)21-14)18-12-4-2-11(3-5-12)16(20)19-13-6-7-13/h2-5,8-10,13,18H,6-7H2,1H3,(H,19,20). The molecule has 5 heteroatoms. The molecule has 0 spiro atoms. The average molecular weight is 321 g/mol. The first-order valence-electron chi connectivity index (χ1n) is 7.04. The third kappa shape index (κ3) is 3.77. The molecular weight excluding hydrogens is 304 g/mol. The van der Waals surface area contributed by atoms with Gasteiger partial charge in [0.2, 0.25) is 0 Å². The average Bonchev–Trinajstić information content (AvgIpc) is 3.17. The number of halogens is 1. The Hall–Kier alpha value is -1.52. The zero-order valence-electron chi connectivity index (χ0n) is 11.7. The quantitative estimate of drug-likeness (QED) is 0.853. The maximum absolute atomic E-state index is 11.9. The molecule has 0 bridgehead atoms. The highest BCUT2D eigenvalue weighted by molar-refractivity contribution is 7.16. The summed E-state index contributed by atoms with van der Waals surface area (Å²) >= 11 is 7.53. The Kier molecular flexibility index (Phi) is 4.17. The van der Waals surface area contributed by atoms with Gasteiger partial charge in [-0.25, -0.2) is 0 Å². The molecular formula is C16H17ClN2OS. The highest BCUT2D eigenvalue weighted by Crippen LogP contribution is 2.29. The van der Waals surface area contributed by atoms with E-state index in [1.165, 1.54) is 4.88 Å². The van der Waals surface area contributed by atoms with Crippen LogP contribution in [0.25, 0.3) is 0 Å². The minimum Gasteiger partial charge on any atom is -0.378 e. The van der Waals surface area contributed by atoms with E-state index in [-0.39, 0.29) is 11.9 Å². The lowest BCUT2D eigenvalue weighted by Gasteiger charge is -2.14. The molecule has 110 valence electrons. The van der Waals surface area contributed by atoms with Gasteiger partial charge < -0.3 is 10.6 Å². The van der Waals surface area contributed by atoms with Crippen LogP contribution in [0, 0.1) is 0 Å². The number of hydrogen-bond acceptors (Lipinski definition) is 3. The Balaban J connectivity index is 1.62. The SMILES string of the molecule is CC(Nc1ccc(C(=O)NC2CC2)cc1)c1ccc(Cl)s1. The first-order chi connectivity index (χ1) is 10.1. The molecule has 1 aromatic carbocycles. The van der Waals surface area contributed by atoms with E-state index in [1.807, 2.05) is 36.4 Å². The Morgan fingerprint density at radius 2 is 1.95 bits per heavy atom. The van der Waals surface area contributed by atoms with Gasteiger partial charge in [0.05, 0.1) is 10.4 Å². The van der Waals surface area contributed by atoms with Crippen molar-refractivity contribution >= 4 is 34.5 Å². The van der Waals surface area contributed by atoms with Crippen LogP contribution in [0.1, 0.15) is 41.0 Å². The fourth-order valence-electron chi connectivity index (χ4n) is 2.10. The highest BCUT2D eigenvalue weighted by atomic mass is 35.5. The number of anilines is 1. The number of nitrogens with one attached hydrogen (secondary N) is 2. The minimum absolute atomic E-state index is 0.0159. The van der Waals surface area contributed by atoms with Crippen LogP contribution in [-0.2, 0) is 0 Å². The molecule has 3 rings (SSSR count). The largest absolute Gasteiger partial charge is 0.378 e. The van der Waals surface area contributed by atoms with E-state index in [9.17, 15) is 4.79 Å². The zero-order valence-corrected chi connectivity index (χ0v) is 13.3. The Morgan fingerprint density at radius 3 is 2.52 bits per heavy atom. The number of carbonyl (C=O) groups is 1. The molecule has 2 N–H and O–H groups in total. The van der Waals surface area contributed by atoms with Crippen LogP contribution in [-0.4, -0.2) is 11.9 Å². The number of hydrogen-bond donors (Lipinski definition) is 2. The molecule has 1 saturated carbocycles. The van der Waals surface area contributed by atoms with E-state index in [1.54, 1.807) is 11.3 Å². The lowest BCUT2D eigenvalue weighted by molar-refractivity contribution is 0.0951. The van der Waals surface area contributed by atoms with Crippen LogP contribution >= 0.6 is 22.9 Å². The van der Waals surface area contributed by atoms with Crippen molar-refractivity contribution in [3.63, 3.8) is 0 Å². The summed E-state index contributed by atoms with van der Waals surface area (Å²) in [6.07, 6.45) is 2.21. The van der Waals surface area contributed by atoms with Gasteiger partial charge >= 0.3 is 0 Å². The maximum atomic E-state index is 11.9. The van der Waals surface area contributed by atoms with Crippen molar-refractivity contribution in [2.75, 3.05) is 5.32 Å². The summed E-state index contributed by atoms with van der Waals surface area (Å²) < 4.78 is 0.797. The predicted octanol–water partition coefficient (Wildman–Crippen LogP) is 4.47. The molecule has 1 heterocycles. The van der Waals surface area contributed by atoms with Gasteiger partial charge in [-0.05, 0) is 56.2 Å². The predicted molar refractivity (Wildman–Crippen MR) is 88.3 cm³/mol. The summed E-state index contributed by atoms with van der Waals surface area (Å²) in [5, 5.41) is 6.40. The fraction of sp³-hybridized carbons (Fsp3) is 0.312. The van der Waals surface area contributed by atoms with Crippen molar-refractivity contribution in [1.29, 1.82) is 0 Å². The van der Waals surface area contributed by atoms with Gasteiger partial charge in [-0.15, -0.1) is 11.3 Å². The molecule has 1 aliphatic carbocycles. The molecule has 1 amide bonds. The lowest BCUT2D eigenvalue weighted by Crippen LogP contribution is -2.25. The normalized spacial score (nSPS) is 15.5. The smallest absolute Gasteiger partial charge is 0.251 e. The zero-order chi connectivity index (χ0) is 14.8. The van der Waals surface area contributed by atoms with E-state index >= 15 is 0 Å².